The molecule has 6 aromatic rings. The van der Waals surface area contributed by atoms with E-state index in [1.165, 1.54) is 36.4 Å². The van der Waals surface area contributed by atoms with Crippen LogP contribution in [0.1, 0.15) is 97.1 Å². The van der Waals surface area contributed by atoms with Crippen LogP contribution < -0.4 is 66.3 Å². The summed E-state index contributed by atoms with van der Waals surface area (Å²) in [7, 11) is 0. The molecule has 0 fully saturated rings. The summed E-state index contributed by atoms with van der Waals surface area (Å²) in [4.78, 5) is 81.8. The molecule has 21 nitrogen and oxygen atoms in total. The van der Waals surface area contributed by atoms with Gasteiger partial charge in [0.25, 0.3) is 0 Å². The van der Waals surface area contributed by atoms with Gasteiger partial charge in [0.2, 0.25) is 35.4 Å². The molecular weight excluding hydrogens is 1080 g/mol. The van der Waals surface area contributed by atoms with Crippen molar-refractivity contribution in [3.05, 3.63) is 179 Å². The molecule has 0 bridgehead atoms. The summed E-state index contributed by atoms with van der Waals surface area (Å²) in [6.07, 6.45) is 5.12. The molecule has 0 heterocycles. The second kappa shape index (κ2) is 33.6. The Bertz CT molecular complexity index is 2750. The number of aromatic hydroxyl groups is 3. The van der Waals surface area contributed by atoms with Crippen LogP contribution in [0.3, 0.4) is 0 Å². The van der Waals surface area contributed by atoms with Gasteiger partial charge in [0.05, 0.1) is 18.1 Å². The lowest BCUT2D eigenvalue weighted by Gasteiger charge is -2.23. The zero-order valence-corrected chi connectivity index (χ0v) is 47.8. The molecule has 0 aliphatic carbocycles. The van der Waals surface area contributed by atoms with Gasteiger partial charge in [-0.1, -0.05) is 72.8 Å². The van der Waals surface area contributed by atoms with Gasteiger partial charge in [-0.05, 0) is 203 Å². The molecule has 452 valence electrons. The van der Waals surface area contributed by atoms with Crippen LogP contribution in [0.4, 0.5) is 17.1 Å². The molecule has 0 aliphatic rings. The Morgan fingerprint density at radius 1 is 0.329 bits per heavy atom. The number of carbonyl (C=O) groups excluding carboxylic acids is 6. The summed E-state index contributed by atoms with van der Waals surface area (Å²) in [5.74, 6) is -3.06. The highest BCUT2D eigenvalue weighted by Gasteiger charge is 2.28. The molecule has 6 rings (SSSR count). The highest BCUT2D eigenvalue weighted by molar-refractivity contribution is 5.99. The van der Waals surface area contributed by atoms with Gasteiger partial charge in [-0.2, -0.15) is 0 Å². The molecule has 0 aromatic heterocycles. The number of amides is 6. The number of carbonyl (C=O) groups is 6. The van der Waals surface area contributed by atoms with Crippen molar-refractivity contribution in [1.82, 2.24) is 16.0 Å². The largest absolute Gasteiger partial charge is 0.508 e. The van der Waals surface area contributed by atoms with Gasteiger partial charge in [-0.3, -0.25) is 28.8 Å². The molecule has 0 saturated heterocycles. The minimum absolute atomic E-state index is 0.0854. The Morgan fingerprint density at radius 2 is 0.565 bits per heavy atom. The van der Waals surface area contributed by atoms with Crippen LogP contribution in [0.25, 0.3) is 0 Å². The van der Waals surface area contributed by atoms with E-state index in [0.29, 0.717) is 94.5 Å². The lowest BCUT2D eigenvalue weighted by atomic mass is 9.85. The molecule has 0 saturated carbocycles. The van der Waals surface area contributed by atoms with Crippen LogP contribution in [0.5, 0.6) is 17.2 Å². The average Bonchev–Trinajstić information content (AvgIpc) is 3.34. The van der Waals surface area contributed by atoms with Gasteiger partial charge >= 0.3 is 0 Å². The van der Waals surface area contributed by atoms with Gasteiger partial charge in [0.15, 0.2) is 0 Å². The smallest absolute Gasteiger partial charge is 0.246 e. The SMILES string of the molecule is NCCCC[C@@H](NC(=O)[C@H](N)Cc1ccc(O)cc1)C(=O)Nc1ccc(C(c2ccc(NC(=O)[C@@H](CCCCN)NC(=O)[C@H](N)Cc3ccc(O)cc3)cc2)c2ccc(NC(=O)[C@@H](CCCCN)NC(=O)[C@H](N)Cc3ccc(O)cc3)cc2)cc1. The number of anilines is 3. The third kappa shape index (κ3) is 21.2. The molecule has 21 heteroatoms. The first-order valence-corrected chi connectivity index (χ1v) is 28.8. The quantitative estimate of drug-likeness (QED) is 0.0201. The number of unbranched alkanes of at least 4 members (excludes halogenated alkanes) is 3. The first-order chi connectivity index (χ1) is 40.9. The number of phenols is 3. The first-order valence-electron chi connectivity index (χ1n) is 28.8. The number of nitrogens with one attached hydrogen (secondary N) is 6. The monoisotopic (exact) mass is 1160 g/mol. The Labute approximate surface area is 496 Å². The fourth-order valence-corrected chi connectivity index (χ4v) is 9.60. The van der Waals surface area contributed by atoms with Crippen LogP contribution in [0.2, 0.25) is 0 Å². The summed E-state index contributed by atoms with van der Waals surface area (Å²) in [5, 5.41) is 46.4. The Kier molecular flexibility index (Phi) is 25.8. The Balaban J connectivity index is 1.22. The topological polar surface area (TPSA) is 391 Å². The van der Waals surface area contributed by atoms with Crippen molar-refractivity contribution in [2.75, 3.05) is 35.6 Å². The van der Waals surface area contributed by atoms with E-state index in [9.17, 15) is 44.1 Å². The molecular formula is C64H82N12O9. The van der Waals surface area contributed by atoms with E-state index in [0.717, 1.165) is 33.4 Å². The summed E-state index contributed by atoms with van der Waals surface area (Å²) in [5.41, 5.74) is 42.2. The van der Waals surface area contributed by atoms with E-state index in [1.807, 2.05) is 36.4 Å². The third-order valence-electron chi connectivity index (χ3n) is 14.5. The molecule has 0 spiro atoms. The summed E-state index contributed by atoms with van der Waals surface area (Å²) in [6.45, 7) is 1.23. The summed E-state index contributed by atoms with van der Waals surface area (Å²) in [6, 6.07) is 35.2. The van der Waals surface area contributed by atoms with Gasteiger partial charge in [0, 0.05) is 23.0 Å². The zero-order valence-electron chi connectivity index (χ0n) is 47.8. The predicted octanol–water partition coefficient (Wildman–Crippen LogP) is 4.35. The van der Waals surface area contributed by atoms with Crippen LogP contribution in [-0.4, -0.2) is 107 Å². The fourth-order valence-electron chi connectivity index (χ4n) is 9.60. The van der Waals surface area contributed by atoms with Gasteiger partial charge in [-0.15, -0.1) is 0 Å². The van der Waals surface area contributed by atoms with E-state index in [2.05, 4.69) is 31.9 Å². The zero-order chi connectivity index (χ0) is 61.3. The normalized spacial score (nSPS) is 13.3. The third-order valence-corrected chi connectivity index (χ3v) is 14.5. The maximum absolute atomic E-state index is 13.9. The van der Waals surface area contributed by atoms with E-state index in [4.69, 9.17) is 34.4 Å². The van der Waals surface area contributed by atoms with Gasteiger partial charge in [-0.25, -0.2) is 0 Å². The minimum atomic E-state index is -0.963. The molecule has 6 amide bonds. The van der Waals surface area contributed by atoms with Crippen molar-refractivity contribution in [1.29, 1.82) is 0 Å². The molecule has 0 radical (unpaired) electrons. The van der Waals surface area contributed by atoms with Crippen LogP contribution >= 0.6 is 0 Å². The second-order valence-corrected chi connectivity index (χ2v) is 21.2. The Hall–Kier alpha value is -8.70. The van der Waals surface area contributed by atoms with E-state index in [1.54, 1.807) is 72.8 Å². The van der Waals surface area contributed by atoms with Crippen molar-refractivity contribution in [3.63, 3.8) is 0 Å². The number of hydrogen-bond acceptors (Lipinski definition) is 15. The van der Waals surface area contributed by atoms with E-state index >= 15 is 0 Å². The molecule has 0 unspecified atom stereocenters. The van der Waals surface area contributed by atoms with Crippen molar-refractivity contribution in [3.8, 4) is 17.2 Å². The van der Waals surface area contributed by atoms with Crippen molar-refractivity contribution in [2.45, 2.75) is 119 Å². The first kappa shape index (κ1) is 65.5. The lowest BCUT2D eigenvalue weighted by molar-refractivity contribution is -0.127. The van der Waals surface area contributed by atoms with Crippen LogP contribution in [-0.2, 0) is 48.0 Å². The second-order valence-electron chi connectivity index (χ2n) is 21.2. The number of rotatable bonds is 33. The highest BCUT2D eigenvalue weighted by Crippen LogP contribution is 2.34. The van der Waals surface area contributed by atoms with Crippen LogP contribution in [0, 0.1) is 0 Å². The predicted molar refractivity (Wildman–Crippen MR) is 330 cm³/mol. The molecule has 6 aromatic carbocycles. The Morgan fingerprint density at radius 3 is 0.788 bits per heavy atom. The minimum Gasteiger partial charge on any atom is -0.508 e. The molecule has 21 N–H and O–H groups in total. The molecule has 85 heavy (non-hydrogen) atoms. The summed E-state index contributed by atoms with van der Waals surface area (Å²) >= 11 is 0. The van der Waals surface area contributed by atoms with Gasteiger partial charge in [0.1, 0.15) is 35.4 Å². The molecule has 0 aliphatic heterocycles. The maximum Gasteiger partial charge on any atom is 0.246 e. The van der Waals surface area contributed by atoms with E-state index < -0.39 is 77.6 Å². The number of phenolic OH excluding ortho intramolecular Hbond substituents is 3. The standard InChI is InChI=1S/C64H82N12O9/c65-34-4-1-7-55(74-59(80)52(68)37-40-10-28-49(77)29-11-40)62(83)71-46-22-16-43(17-23-46)58(44-18-24-47(25-19-44)72-63(84)56(8-2-5-35-66)75-60(81)53(69)38-41-12-30-50(78)31-13-41)45-20-26-48(27-21-45)73-64(85)57(9-3-6-36-67)76-61(82)54(70)39-42-14-32-51(79)33-15-42/h10-33,52-58,77-79H,1-9,34-39,65-70H2,(H,71,83)(H,72,84)(H,73,85)(H,74,80)(H,75,81)(H,76,82)/t52-,53-,54-,55-,56-,57-/m1/s1. The number of nitrogens with two attached hydrogens (primary N) is 6. The van der Waals surface area contributed by atoms with E-state index in [-0.39, 0.29) is 36.5 Å². The van der Waals surface area contributed by atoms with Gasteiger partial charge < -0.3 is 81.6 Å². The summed E-state index contributed by atoms with van der Waals surface area (Å²) < 4.78 is 0. The number of hydrogen-bond donors (Lipinski definition) is 15. The lowest BCUT2D eigenvalue weighted by Crippen LogP contribution is -2.50. The van der Waals surface area contributed by atoms with Crippen molar-refractivity contribution < 1.29 is 44.1 Å². The fraction of sp³-hybridized carbons (Fsp3) is 0.344. The van der Waals surface area contributed by atoms with Crippen molar-refractivity contribution >= 4 is 52.5 Å². The average molecular weight is 1160 g/mol. The van der Waals surface area contributed by atoms with Crippen molar-refractivity contribution in [2.24, 2.45) is 34.4 Å². The molecule has 6 atom stereocenters. The van der Waals surface area contributed by atoms with Crippen LogP contribution in [0.15, 0.2) is 146 Å². The highest BCUT2D eigenvalue weighted by atomic mass is 16.3. The maximum atomic E-state index is 13.9. The number of benzene rings is 6.